The zero-order valence-electron chi connectivity index (χ0n) is 17.4. The highest BCUT2D eigenvalue weighted by molar-refractivity contribution is 4.94. The van der Waals surface area contributed by atoms with E-state index < -0.39 is 98.7 Å². The van der Waals surface area contributed by atoms with Gasteiger partial charge in [0.15, 0.2) is 18.9 Å². The van der Waals surface area contributed by atoms with Crippen LogP contribution in [-0.4, -0.2) is 145 Å². The summed E-state index contributed by atoms with van der Waals surface area (Å²) in [6.45, 7) is 2.19. The van der Waals surface area contributed by atoms with Crippen molar-refractivity contribution < 1.29 is 69.6 Å². The van der Waals surface area contributed by atoms with Gasteiger partial charge in [-0.1, -0.05) is 0 Å². The monoisotopic (exact) mass is 472 g/mol. The maximum Gasteiger partial charge on any atom is 0.187 e. The van der Waals surface area contributed by atoms with E-state index in [0.717, 1.165) is 0 Å². The number of rotatable bonds is 5. The van der Waals surface area contributed by atoms with Gasteiger partial charge >= 0.3 is 0 Å². The summed E-state index contributed by atoms with van der Waals surface area (Å²) < 4.78 is 26.7. The number of aliphatic hydroxyl groups is 9. The summed E-state index contributed by atoms with van der Waals surface area (Å²) in [7, 11) is 0. The van der Waals surface area contributed by atoms with E-state index in [0.29, 0.717) is 0 Å². The van der Waals surface area contributed by atoms with Crippen LogP contribution < -0.4 is 0 Å². The van der Waals surface area contributed by atoms with Crippen molar-refractivity contribution in [3.05, 3.63) is 0 Å². The Kier molecular flexibility index (Phi) is 8.44. The minimum absolute atomic E-state index is 0.679. The van der Waals surface area contributed by atoms with Gasteiger partial charge in [-0.05, 0) is 13.8 Å². The van der Waals surface area contributed by atoms with Crippen molar-refractivity contribution in [2.75, 3.05) is 6.61 Å². The summed E-state index contributed by atoms with van der Waals surface area (Å²) in [5.74, 6) is 0. The van der Waals surface area contributed by atoms with Gasteiger partial charge in [0.25, 0.3) is 0 Å². The summed E-state index contributed by atoms with van der Waals surface area (Å²) in [5.41, 5.74) is 0. The highest BCUT2D eigenvalue weighted by Gasteiger charge is 2.52. The third-order valence-electron chi connectivity index (χ3n) is 6.01. The minimum Gasteiger partial charge on any atom is -0.394 e. The summed E-state index contributed by atoms with van der Waals surface area (Å²) in [6.07, 6.45) is -22.1. The first-order chi connectivity index (χ1) is 15.0. The molecule has 3 rings (SSSR count). The fourth-order valence-corrected chi connectivity index (χ4v) is 3.96. The number of ether oxygens (including phenoxy) is 5. The van der Waals surface area contributed by atoms with Gasteiger partial charge in [-0.3, -0.25) is 0 Å². The Balaban J connectivity index is 1.66. The normalized spacial score (nSPS) is 55.0. The molecule has 0 aromatic rings. The molecule has 3 fully saturated rings. The van der Waals surface area contributed by atoms with Crippen molar-refractivity contribution in [3.8, 4) is 0 Å². The van der Waals surface area contributed by atoms with Crippen molar-refractivity contribution in [2.45, 2.75) is 106 Å². The molecule has 14 nitrogen and oxygen atoms in total. The van der Waals surface area contributed by atoms with Crippen LogP contribution in [0, 0.1) is 0 Å². The van der Waals surface area contributed by atoms with Crippen LogP contribution in [0.2, 0.25) is 0 Å². The van der Waals surface area contributed by atoms with Gasteiger partial charge in [-0.15, -0.1) is 0 Å². The maximum absolute atomic E-state index is 10.6. The highest BCUT2D eigenvalue weighted by atomic mass is 16.8. The van der Waals surface area contributed by atoms with Crippen LogP contribution >= 0.6 is 0 Å². The SMILES string of the molecule is C[C@@H]1O[C@@H](O)[C@H](O[C@@H]2O[C@@H](C)[C@H](O[C@@H]3O[C@H](CO)[C@@H](O)[C@H](O)[C@H]3O)[C@@H](O)[C@H]2O)[C@H](O)[C@H]1O. The molecule has 0 aromatic heterocycles. The number of aliphatic hydroxyl groups excluding tert-OH is 9. The average molecular weight is 472 g/mol. The van der Waals surface area contributed by atoms with Gasteiger partial charge in [0, 0.05) is 0 Å². The predicted molar refractivity (Wildman–Crippen MR) is 98.4 cm³/mol. The minimum atomic E-state index is -1.77. The van der Waals surface area contributed by atoms with Gasteiger partial charge in [0.2, 0.25) is 0 Å². The first-order valence-corrected chi connectivity index (χ1v) is 10.3. The molecule has 0 amide bonds. The summed E-state index contributed by atoms with van der Waals surface area (Å²) in [6, 6.07) is 0. The molecule has 3 heterocycles. The molecule has 3 aliphatic rings. The fourth-order valence-electron chi connectivity index (χ4n) is 3.96. The van der Waals surface area contributed by atoms with E-state index in [1.165, 1.54) is 13.8 Å². The maximum atomic E-state index is 10.6. The predicted octanol–water partition coefficient (Wildman–Crippen LogP) is -5.52. The molecular formula is C18H32O14. The van der Waals surface area contributed by atoms with Crippen LogP contribution in [-0.2, 0) is 23.7 Å². The summed E-state index contributed by atoms with van der Waals surface area (Å²) >= 11 is 0. The lowest BCUT2D eigenvalue weighted by Gasteiger charge is -2.47. The third kappa shape index (κ3) is 4.94. The molecule has 0 bridgehead atoms. The molecule has 0 spiro atoms. The van der Waals surface area contributed by atoms with E-state index in [4.69, 9.17) is 23.7 Å². The second kappa shape index (κ2) is 10.4. The third-order valence-corrected chi connectivity index (χ3v) is 6.01. The van der Waals surface area contributed by atoms with Crippen LogP contribution in [0.25, 0.3) is 0 Å². The lowest BCUT2D eigenvalue weighted by Crippen LogP contribution is -2.65. The molecule has 0 aromatic carbocycles. The van der Waals surface area contributed by atoms with E-state index in [2.05, 4.69) is 0 Å². The van der Waals surface area contributed by atoms with Crippen LogP contribution in [0.5, 0.6) is 0 Å². The van der Waals surface area contributed by atoms with Crippen molar-refractivity contribution in [1.29, 1.82) is 0 Å². The Labute approximate surface area is 183 Å². The van der Waals surface area contributed by atoms with Crippen molar-refractivity contribution in [3.63, 3.8) is 0 Å². The van der Waals surface area contributed by atoms with Gasteiger partial charge in [-0.2, -0.15) is 0 Å². The average Bonchev–Trinajstić information content (AvgIpc) is 2.75. The number of hydrogen-bond acceptors (Lipinski definition) is 14. The van der Waals surface area contributed by atoms with E-state index in [9.17, 15) is 46.0 Å². The van der Waals surface area contributed by atoms with E-state index in [1.807, 2.05) is 0 Å². The van der Waals surface area contributed by atoms with E-state index in [1.54, 1.807) is 0 Å². The molecule has 15 atom stereocenters. The van der Waals surface area contributed by atoms with Gasteiger partial charge in [0.1, 0.15) is 61.0 Å². The molecule has 0 unspecified atom stereocenters. The van der Waals surface area contributed by atoms with Gasteiger partial charge in [0.05, 0.1) is 18.8 Å². The first-order valence-electron chi connectivity index (χ1n) is 10.3. The Morgan fingerprint density at radius 1 is 0.562 bits per heavy atom. The summed E-state index contributed by atoms with van der Waals surface area (Å²) in [5, 5.41) is 90.2. The Hall–Kier alpha value is -0.560. The molecule has 0 aliphatic carbocycles. The molecule has 0 saturated carbocycles. The molecular weight excluding hydrogens is 440 g/mol. The van der Waals surface area contributed by atoms with E-state index in [-0.39, 0.29) is 0 Å². The molecule has 3 saturated heterocycles. The first kappa shape index (κ1) is 26.1. The molecule has 9 N–H and O–H groups in total. The highest BCUT2D eigenvalue weighted by Crippen LogP contribution is 2.31. The molecule has 3 aliphatic heterocycles. The second-order valence-corrected chi connectivity index (χ2v) is 8.30. The molecule has 0 radical (unpaired) electrons. The molecule has 188 valence electrons. The summed E-state index contributed by atoms with van der Waals surface area (Å²) in [4.78, 5) is 0. The Bertz CT molecular complexity index is 608. The Morgan fingerprint density at radius 3 is 1.72 bits per heavy atom. The van der Waals surface area contributed by atoms with Crippen molar-refractivity contribution in [2.24, 2.45) is 0 Å². The van der Waals surface area contributed by atoms with Gasteiger partial charge < -0.3 is 69.6 Å². The van der Waals surface area contributed by atoms with Gasteiger partial charge in [-0.25, -0.2) is 0 Å². The smallest absolute Gasteiger partial charge is 0.187 e. The topological polar surface area (TPSA) is 228 Å². The van der Waals surface area contributed by atoms with Crippen LogP contribution in [0.3, 0.4) is 0 Å². The number of hydrogen-bond donors (Lipinski definition) is 9. The Morgan fingerprint density at radius 2 is 1.09 bits per heavy atom. The van der Waals surface area contributed by atoms with Crippen LogP contribution in [0.15, 0.2) is 0 Å². The molecule has 32 heavy (non-hydrogen) atoms. The molecule has 14 heteroatoms. The van der Waals surface area contributed by atoms with Crippen molar-refractivity contribution >= 4 is 0 Å². The largest absolute Gasteiger partial charge is 0.394 e. The van der Waals surface area contributed by atoms with Crippen LogP contribution in [0.1, 0.15) is 13.8 Å². The zero-order valence-corrected chi connectivity index (χ0v) is 17.4. The van der Waals surface area contributed by atoms with Crippen molar-refractivity contribution in [1.82, 2.24) is 0 Å². The quantitative estimate of drug-likeness (QED) is 0.182. The second-order valence-electron chi connectivity index (χ2n) is 8.30. The standard InChI is InChI=1S/C18H32O14/c1-4-7(20)10(23)15(16(27)28-4)32-17-13(26)11(24)14(5(2)29-17)31-18-12(25)9(22)8(21)6(3-19)30-18/h4-27H,3H2,1-2H3/t4-,5-,6+,7-,8+,9-,10+,11-,12+,13+,14-,15+,16+,17-,18-/m0/s1. The zero-order chi connectivity index (χ0) is 23.9. The lowest BCUT2D eigenvalue weighted by molar-refractivity contribution is -0.377. The van der Waals surface area contributed by atoms with E-state index >= 15 is 0 Å². The fraction of sp³-hybridized carbons (Fsp3) is 1.00. The van der Waals surface area contributed by atoms with Crippen LogP contribution in [0.4, 0.5) is 0 Å². The lowest BCUT2D eigenvalue weighted by atomic mass is 9.97.